The van der Waals surface area contributed by atoms with E-state index in [2.05, 4.69) is 5.32 Å². The second-order valence-electron chi connectivity index (χ2n) is 6.57. The second kappa shape index (κ2) is 7.11. The first-order chi connectivity index (χ1) is 13.5. The molecular weight excluding hydrogens is 376 g/mol. The van der Waals surface area contributed by atoms with Crippen molar-refractivity contribution in [2.75, 3.05) is 17.7 Å². The lowest BCUT2D eigenvalue weighted by atomic mass is 9.82. The van der Waals surface area contributed by atoms with Gasteiger partial charge in [-0.05, 0) is 30.2 Å². The number of hydrogen-bond donors (Lipinski definition) is 3. The molecule has 0 fully saturated rings. The summed E-state index contributed by atoms with van der Waals surface area (Å²) in [4.78, 5) is 26.2. The van der Waals surface area contributed by atoms with Crippen molar-refractivity contribution in [1.29, 1.82) is 0 Å². The van der Waals surface area contributed by atoms with E-state index in [0.717, 1.165) is 11.3 Å². The van der Waals surface area contributed by atoms with Crippen LogP contribution in [0.15, 0.2) is 54.6 Å². The smallest absolute Gasteiger partial charge is 0.196 e. The molecule has 140 valence electrons. The van der Waals surface area contributed by atoms with Crippen LogP contribution in [0.3, 0.4) is 0 Å². The minimum Gasteiger partial charge on any atom is -0.397 e. The molecule has 0 aliphatic heterocycles. The fourth-order valence-corrected chi connectivity index (χ4v) is 3.63. The van der Waals surface area contributed by atoms with Gasteiger partial charge in [0.25, 0.3) is 0 Å². The maximum atomic E-state index is 13.1. The van der Waals surface area contributed by atoms with E-state index < -0.39 is 0 Å². The highest BCUT2D eigenvalue weighted by atomic mass is 35.5. The topological polar surface area (TPSA) is 92.4 Å². The first kappa shape index (κ1) is 18.2. The van der Waals surface area contributed by atoms with Crippen LogP contribution in [0.1, 0.15) is 37.4 Å². The lowest BCUT2D eigenvalue weighted by Crippen LogP contribution is -2.23. The highest BCUT2D eigenvalue weighted by Crippen LogP contribution is 2.40. The fourth-order valence-electron chi connectivity index (χ4n) is 3.42. The Kier molecular flexibility index (Phi) is 4.63. The molecule has 0 spiro atoms. The van der Waals surface area contributed by atoms with Crippen LogP contribution in [0.2, 0.25) is 5.02 Å². The van der Waals surface area contributed by atoms with E-state index in [1.807, 2.05) is 24.3 Å². The van der Waals surface area contributed by atoms with Gasteiger partial charge in [-0.25, -0.2) is 0 Å². The summed E-state index contributed by atoms with van der Waals surface area (Å²) in [6.45, 7) is 0.0733. The van der Waals surface area contributed by atoms with Gasteiger partial charge in [0.15, 0.2) is 11.6 Å². The Morgan fingerprint density at radius 3 is 2.14 bits per heavy atom. The van der Waals surface area contributed by atoms with Gasteiger partial charge in [-0.3, -0.25) is 9.59 Å². The predicted molar refractivity (Wildman–Crippen MR) is 110 cm³/mol. The third kappa shape index (κ3) is 2.95. The quantitative estimate of drug-likeness (QED) is 0.457. The normalized spacial score (nSPS) is 12.5. The lowest BCUT2D eigenvalue weighted by molar-refractivity contribution is 0.0980. The standard InChI is InChI=1S/C22H17ClN2O3/c23-16-11-17(25-13-7-5-12(6-8-13)9-10-26)18-19(20(16)24)22(28)15-4-2-1-3-14(15)21(18)27/h1-8,11,25-26H,9-10,24H2. The molecule has 0 bridgehead atoms. The monoisotopic (exact) mass is 392 g/mol. The first-order valence-electron chi connectivity index (χ1n) is 8.78. The number of nitrogen functional groups attached to an aromatic ring is 1. The van der Waals surface area contributed by atoms with Gasteiger partial charge in [-0.15, -0.1) is 0 Å². The molecule has 0 saturated heterocycles. The molecule has 4 rings (SSSR count). The number of aliphatic hydroxyl groups excluding tert-OH is 1. The minimum atomic E-state index is -0.313. The second-order valence-corrected chi connectivity index (χ2v) is 6.98. The van der Waals surface area contributed by atoms with Crippen LogP contribution in [0, 0.1) is 0 Å². The van der Waals surface area contributed by atoms with Crippen molar-refractivity contribution in [2.45, 2.75) is 6.42 Å². The Balaban J connectivity index is 1.83. The Labute approximate surface area is 166 Å². The van der Waals surface area contributed by atoms with Crippen molar-refractivity contribution in [3.8, 4) is 0 Å². The van der Waals surface area contributed by atoms with Gasteiger partial charge in [-0.1, -0.05) is 48.0 Å². The van der Waals surface area contributed by atoms with E-state index in [0.29, 0.717) is 23.2 Å². The molecule has 6 heteroatoms. The van der Waals surface area contributed by atoms with E-state index in [1.165, 1.54) is 0 Å². The number of halogens is 1. The molecule has 0 heterocycles. The third-order valence-electron chi connectivity index (χ3n) is 4.82. The highest BCUT2D eigenvalue weighted by Gasteiger charge is 2.34. The van der Waals surface area contributed by atoms with Crippen LogP contribution in [0.5, 0.6) is 0 Å². The van der Waals surface area contributed by atoms with E-state index in [9.17, 15) is 9.59 Å². The van der Waals surface area contributed by atoms with Crippen molar-refractivity contribution in [3.63, 3.8) is 0 Å². The molecule has 0 amide bonds. The average Bonchev–Trinajstić information content (AvgIpc) is 2.70. The third-order valence-corrected chi connectivity index (χ3v) is 5.13. The maximum absolute atomic E-state index is 13.1. The van der Waals surface area contributed by atoms with Gasteiger partial charge in [0, 0.05) is 23.4 Å². The van der Waals surface area contributed by atoms with Crippen LogP contribution >= 0.6 is 11.6 Å². The van der Waals surface area contributed by atoms with Gasteiger partial charge in [-0.2, -0.15) is 0 Å². The number of ketones is 2. The largest absolute Gasteiger partial charge is 0.397 e. The Morgan fingerprint density at radius 1 is 0.929 bits per heavy atom. The predicted octanol–water partition coefficient (Wildman–Crippen LogP) is 3.98. The van der Waals surface area contributed by atoms with Gasteiger partial charge in [0.1, 0.15) is 0 Å². The summed E-state index contributed by atoms with van der Waals surface area (Å²) in [5.41, 5.74) is 9.36. The molecule has 0 unspecified atom stereocenters. The van der Waals surface area contributed by atoms with Gasteiger partial charge in [0.2, 0.25) is 0 Å². The number of nitrogens with one attached hydrogen (secondary N) is 1. The van der Waals surface area contributed by atoms with Crippen molar-refractivity contribution < 1.29 is 14.7 Å². The molecule has 1 aliphatic carbocycles. The number of carbonyl (C=O) groups is 2. The molecule has 0 aromatic heterocycles. The van der Waals surface area contributed by atoms with Crippen LogP contribution in [-0.2, 0) is 6.42 Å². The van der Waals surface area contributed by atoms with Crippen LogP contribution in [0.25, 0.3) is 0 Å². The van der Waals surface area contributed by atoms with Crippen LogP contribution < -0.4 is 11.1 Å². The van der Waals surface area contributed by atoms with Crippen molar-refractivity contribution in [1.82, 2.24) is 0 Å². The van der Waals surface area contributed by atoms with Crippen molar-refractivity contribution in [3.05, 3.63) is 87.4 Å². The SMILES string of the molecule is Nc1c(Cl)cc(Nc2ccc(CCO)cc2)c2c1C(=O)c1ccccc1C2=O. The lowest BCUT2D eigenvalue weighted by Gasteiger charge is -2.23. The van der Waals surface area contributed by atoms with Crippen LogP contribution in [0.4, 0.5) is 17.1 Å². The minimum absolute atomic E-state index is 0.0733. The summed E-state index contributed by atoms with van der Waals surface area (Å²) in [6, 6.07) is 15.7. The number of rotatable bonds is 4. The summed E-state index contributed by atoms with van der Waals surface area (Å²) < 4.78 is 0. The zero-order valence-corrected chi connectivity index (χ0v) is 15.6. The van der Waals surface area contributed by atoms with Crippen molar-refractivity contribution >= 4 is 40.2 Å². The summed E-state index contributed by atoms with van der Waals surface area (Å²) in [5.74, 6) is -0.584. The van der Waals surface area contributed by atoms with Gasteiger partial charge < -0.3 is 16.2 Å². The molecule has 3 aromatic rings. The highest BCUT2D eigenvalue weighted by molar-refractivity contribution is 6.38. The molecule has 1 aliphatic rings. The number of carbonyl (C=O) groups excluding carboxylic acids is 2. The molecule has 4 N–H and O–H groups in total. The Hall–Kier alpha value is -3.15. The molecule has 3 aromatic carbocycles. The zero-order chi connectivity index (χ0) is 19.8. The summed E-state index contributed by atoms with van der Waals surface area (Å²) in [5, 5.41) is 12.4. The van der Waals surface area contributed by atoms with E-state index in [4.69, 9.17) is 22.4 Å². The number of aliphatic hydroxyl groups is 1. The fraction of sp³-hybridized carbons (Fsp3) is 0.0909. The summed E-state index contributed by atoms with van der Waals surface area (Å²) >= 11 is 6.27. The van der Waals surface area contributed by atoms with E-state index in [-0.39, 0.29) is 40.0 Å². The molecule has 28 heavy (non-hydrogen) atoms. The van der Waals surface area contributed by atoms with E-state index in [1.54, 1.807) is 30.3 Å². The summed E-state index contributed by atoms with van der Waals surface area (Å²) in [7, 11) is 0. The van der Waals surface area contributed by atoms with Gasteiger partial charge >= 0.3 is 0 Å². The molecule has 0 radical (unpaired) electrons. The zero-order valence-electron chi connectivity index (χ0n) is 14.8. The van der Waals surface area contributed by atoms with Gasteiger partial charge in [0.05, 0.1) is 27.5 Å². The van der Waals surface area contributed by atoms with Crippen molar-refractivity contribution in [2.24, 2.45) is 0 Å². The molecule has 0 saturated carbocycles. The molecule has 0 atom stereocenters. The summed E-state index contributed by atoms with van der Waals surface area (Å²) in [6.07, 6.45) is 0.563. The molecule has 5 nitrogen and oxygen atoms in total. The van der Waals surface area contributed by atoms with Crippen LogP contribution in [-0.4, -0.2) is 23.3 Å². The first-order valence-corrected chi connectivity index (χ1v) is 9.16. The number of nitrogens with two attached hydrogens (primary N) is 1. The van der Waals surface area contributed by atoms with E-state index >= 15 is 0 Å². The Morgan fingerprint density at radius 2 is 1.54 bits per heavy atom. The Bertz CT molecular complexity index is 1110. The number of anilines is 3. The average molecular weight is 393 g/mol. The number of hydrogen-bond acceptors (Lipinski definition) is 5. The number of fused-ring (bicyclic) bond motifs is 2. The maximum Gasteiger partial charge on any atom is 0.196 e. The molecular formula is C22H17ClN2O3. The number of benzene rings is 3.